The maximum atomic E-state index is 12.8. The lowest BCUT2D eigenvalue weighted by molar-refractivity contribution is -0.167. The van der Waals surface area contributed by atoms with E-state index in [4.69, 9.17) is 14.2 Å². The predicted molar refractivity (Wildman–Crippen MR) is 265 cm³/mol. The second-order valence-electron chi connectivity index (χ2n) is 17.1. The minimum absolute atomic E-state index is 0.0915. The van der Waals surface area contributed by atoms with Crippen LogP contribution >= 0.6 is 0 Å². The first-order valence-electron chi connectivity index (χ1n) is 26.0. The Labute approximate surface area is 382 Å². The molecule has 0 fully saturated rings. The van der Waals surface area contributed by atoms with E-state index in [1.165, 1.54) is 103 Å². The number of carbonyl (C=O) groups is 3. The number of hydrogen-bond acceptors (Lipinski definition) is 6. The molecule has 0 radical (unpaired) electrons. The molecule has 0 saturated carbocycles. The van der Waals surface area contributed by atoms with Crippen LogP contribution in [0, 0.1) is 0 Å². The Morgan fingerprint density at radius 2 is 0.645 bits per heavy atom. The van der Waals surface area contributed by atoms with Crippen molar-refractivity contribution >= 4 is 17.9 Å². The molecule has 0 bridgehead atoms. The van der Waals surface area contributed by atoms with Gasteiger partial charge >= 0.3 is 17.9 Å². The van der Waals surface area contributed by atoms with Gasteiger partial charge in [-0.2, -0.15) is 0 Å². The highest BCUT2D eigenvalue weighted by Crippen LogP contribution is 2.14. The van der Waals surface area contributed by atoms with E-state index in [0.29, 0.717) is 19.3 Å². The summed E-state index contributed by atoms with van der Waals surface area (Å²) < 4.78 is 16.8. The van der Waals surface area contributed by atoms with Crippen LogP contribution in [-0.2, 0) is 28.6 Å². The van der Waals surface area contributed by atoms with E-state index in [9.17, 15) is 14.4 Å². The lowest BCUT2D eigenvalue weighted by atomic mass is 10.1. The largest absolute Gasteiger partial charge is 0.462 e. The molecule has 0 amide bonds. The van der Waals surface area contributed by atoms with Crippen LogP contribution in [0.4, 0.5) is 0 Å². The van der Waals surface area contributed by atoms with E-state index < -0.39 is 6.10 Å². The monoisotopic (exact) mass is 865 g/mol. The van der Waals surface area contributed by atoms with Crippen molar-refractivity contribution in [2.45, 2.75) is 252 Å². The van der Waals surface area contributed by atoms with Gasteiger partial charge < -0.3 is 14.2 Å². The number of ether oxygens (including phenoxy) is 3. The van der Waals surface area contributed by atoms with E-state index in [0.717, 1.165) is 103 Å². The fourth-order valence-electron chi connectivity index (χ4n) is 7.07. The molecule has 6 heteroatoms. The highest BCUT2D eigenvalue weighted by molar-refractivity contribution is 5.71. The zero-order valence-electron chi connectivity index (χ0n) is 40.6. The van der Waals surface area contributed by atoms with Crippen LogP contribution < -0.4 is 0 Å². The third kappa shape index (κ3) is 47.9. The van der Waals surface area contributed by atoms with Crippen LogP contribution in [0.3, 0.4) is 0 Å². The van der Waals surface area contributed by atoms with Gasteiger partial charge in [0.25, 0.3) is 0 Å². The lowest BCUT2D eigenvalue weighted by Gasteiger charge is -2.18. The van der Waals surface area contributed by atoms with Crippen molar-refractivity contribution in [3.63, 3.8) is 0 Å². The minimum atomic E-state index is -0.793. The summed E-state index contributed by atoms with van der Waals surface area (Å²) in [6, 6.07) is 0. The van der Waals surface area contributed by atoms with Crippen LogP contribution in [0.1, 0.15) is 245 Å². The van der Waals surface area contributed by atoms with Crippen molar-refractivity contribution in [2.75, 3.05) is 13.2 Å². The average Bonchev–Trinajstić information content (AvgIpc) is 3.27. The zero-order chi connectivity index (χ0) is 45.1. The maximum absolute atomic E-state index is 12.8. The quantitative estimate of drug-likeness (QED) is 0.0199. The van der Waals surface area contributed by atoms with Gasteiger partial charge in [0.05, 0.1) is 0 Å². The van der Waals surface area contributed by atoms with Crippen LogP contribution in [0.25, 0.3) is 0 Å². The van der Waals surface area contributed by atoms with Gasteiger partial charge in [-0.3, -0.25) is 14.4 Å². The Bertz CT molecular complexity index is 1180. The summed E-state index contributed by atoms with van der Waals surface area (Å²) in [6.45, 7) is 6.44. The topological polar surface area (TPSA) is 78.9 Å². The van der Waals surface area contributed by atoms with Gasteiger partial charge in [0, 0.05) is 19.3 Å². The van der Waals surface area contributed by atoms with Crippen molar-refractivity contribution < 1.29 is 28.6 Å². The molecule has 0 saturated heterocycles. The SMILES string of the molecule is CC/C=C/C=C/C=C/CCCCCCCC(=O)OCC(COC(=O)CCCCCCC/C=C/CCCCCCCCC)OC(=O)CCCCCCCC/C=C/C=C/CCCCC. The first-order valence-corrected chi connectivity index (χ1v) is 26.0. The number of hydrogen-bond donors (Lipinski definition) is 0. The standard InChI is InChI=1S/C56H96O6/c1-4-7-10-13-16-19-22-25-27-29-31-34-37-40-43-46-49-55(58)61-52-53(51-60-54(57)48-45-42-39-36-33-30-24-21-18-15-12-9-6-3)62-56(59)50-47-44-41-38-35-32-28-26-23-20-17-14-11-8-5-2/h9,12,15,17-18,20-21,23-24,26-27,29,53H,4-8,10-11,13-14,16,19,22,25,28,30-52H2,1-3H3/b12-9+,18-15+,20-17+,24-21+,26-23+,29-27+. The van der Waals surface area contributed by atoms with E-state index in [1.54, 1.807) is 0 Å². The highest BCUT2D eigenvalue weighted by Gasteiger charge is 2.19. The normalized spacial score (nSPS) is 12.6. The summed E-state index contributed by atoms with van der Waals surface area (Å²) >= 11 is 0. The molecule has 356 valence electrons. The van der Waals surface area contributed by atoms with Crippen LogP contribution in [0.2, 0.25) is 0 Å². The minimum Gasteiger partial charge on any atom is -0.462 e. The van der Waals surface area contributed by atoms with Gasteiger partial charge in [-0.1, -0.05) is 209 Å². The molecular weight excluding hydrogens is 769 g/mol. The molecule has 0 aliphatic heterocycles. The number of esters is 3. The van der Waals surface area contributed by atoms with Crippen molar-refractivity contribution in [2.24, 2.45) is 0 Å². The molecule has 0 aliphatic rings. The molecule has 0 aromatic rings. The summed E-state index contributed by atoms with van der Waals surface area (Å²) in [7, 11) is 0. The highest BCUT2D eigenvalue weighted by atomic mass is 16.6. The molecule has 0 N–H and O–H groups in total. The smallest absolute Gasteiger partial charge is 0.306 e. The second kappa shape index (κ2) is 50.5. The second-order valence-corrected chi connectivity index (χ2v) is 17.1. The Morgan fingerprint density at radius 3 is 1.06 bits per heavy atom. The van der Waals surface area contributed by atoms with Gasteiger partial charge in [0.1, 0.15) is 13.2 Å². The molecule has 0 spiro atoms. The predicted octanol–water partition coefficient (Wildman–Crippen LogP) is 17.0. The summed E-state index contributed by atoms with van der Waals surface area (Å²) in [4.78, 5) is 38.0. The number of unbranched alkanes of at least 4 members (excludes halogenated alkanes) is 26. The van der Waals surface area contributed by atoms with Gasteiger partial charge in [0.15, 0.2) is 6.10 Å². The Hall–Kier alpha value is -3.15. The molecule has 1 unspecified atom stereocenters. The van der Waals surface area contributed by atoms with Crippen molar-refractivity contribution in [1.82, 2.24) is 0 Å². The van der Waals surface area contributed by atoms with Gasteiger partial charge in [-0.25, -0.2) is 0 Å². The van der Waals surface area contributed by atoms with Crippen LogP contribution in [-0.4, -0.2) is 37.2 Å². The molecule has 0 aromatic carbocycles. The Kier molecular flexibility index (Phi) is 47.9. The first-order chi connectivity index (χ1) is 30.5. The molecule has 1 atom stereocenters. The third-order valence-corrected chi connectivity index (χ3v) is 11.0. The zero-order valence-corrected chi connectivity index (χ0v) is 40.6. The van der Waals surface area contributed by atoms with Crippen molar-refractivity contribution in [1.29, 1.82) is 0 Å². The summed E-state index contributed by atoms with van der Waals surface area (Å²) in [5.41, 5.74) is 0. The van der Waals surface area contributed by atoms with Gasteiger partial charge in [-0.15, -0.1) is 0 Å². The molecule has 0 rings (SSSR count). The third-order valence-electron chi connectivity index (χ3n) is 11.0. The number of rotatable bonds is 46. The maximum Gasteiger partial charge on any atom is 0.306 e. The summed E-state index contributed by atoms with van der Waals surface area (Å²) in [5.74, 6) is -0.930. The Morgan fingerprint density at radius 1 is 0.339 bits per heavy atom. The fourth-order valence-corrected chi connectivity index (χ4v) is 7.07. The van der Waals surface area contributed by atoms with E-state index in [1.807, 2.05) is 0 Å². The molecular formula is C56H96O6. The Balaban J connectivity index is 4.44. The van der Waals surface area contributed by atoms with Gasteiger partial charge in [0.2, 0.25) is 0 Å². The number of allylic oxidation sites excluding steroid dienone is 12. The fraction of sp³-hybridized carbons (Fsp3) is 0.732. The molecule has 6 nitrogen and oxygen atoms in total. The molecule has 0 aliphatic carbocycles. The molecule has 0 heterocycles. The number of carbonyl (C=O) groups excluding carboxylic acids is 3. The van der Waals surface area contributed by atoms with Crippen molar-refractivity contribution in [3.8, 4) is 0 Å². The van der Waals surface area contributed by atoms with Crippen LogP contribution in [0.5, 0.6) is 0 Å². The van der Waals surface area contributed by atoms with E-state index >= 15 is 0 Å². The molecule has 0 aromatic heterocycles. The van der Waals surface area contributed by atoms with Crippen LogP contribution in [0.15, 0.2) is 72.9 Å². The summed E-state index contributed by atoms with van der Waals surface area (Å²) in [6.07, 6.45) is 63.1. The average molecular weight is 865 g/mol. The summed E-state index contributed by atoms with van der Waals surface area (Å²) in [5, 5.41) is 0. The lowest BCUT2D eigenvalue weighted by Crippen LogP contribution is -2.30. The molecule has 62 heavy (non-hydrogen) atoms. The van der Waals surface area contributed by atoms with Gasteiger partial charge in [-0.05, 0) is 89.9 Å². The first kappa shape index (κ1) is 58.9. The van der Waals surface area contributed by atoms with Crippen molar-refractivity contribution in [3.05, 3.63) is 72.9 Å². The van der Waals surface area contributed by atoms with E-state index in [-0.39, 0.29) is 31.1 Å². The van der Waals surface area contributed by atoms with E-state index in [2.05, 4.69) is 93.7 Å².